The van der Waals surface area contributed by atoms with Gasteiger partial charge < -0.3 is 5.32 Å². The highest BCUT2D eigenvalue weighted by Crippen LogP contribution is 2.31. The first kappa shape index (κ1) is 34.5. The van der Waals surface area contributed by atoms with Crippen molar-refractivity contribution in [1.29, 1.82) is 0 Å². The van der Waals surface area contributed by atoms with Crippen LogP contribution in [0.25, 0.3) is 5.82 Å². The maximum atomic E-state index is 13.9. The molecule has 0 aliphatic carbocycles. The average Bonchev–Trinajstić information content (AvgIpc) is 3.66. The molecule has 1 atom stereocenters. The molecule has 0 saturated heterocycles. The summed E-state index contributed by atoms with van der Waals surface area (Å²) in [6.07, 6.45) is -8.41. The fourth-order valence-electron chi connectivity index (χ4n) is 4.77. The van der Waals surface area contributed by atoms with Crippen LogP contribution in [0, 0.1) is 6.92 Å². The van der Waals surface area contributed by atoms with Gasteiger partial charge in [0.25, 0.3) is 11.7 Å². The first-order valence-corrected chi connectivity index (χ1v) is 14.6. The van der Waals surface area contributed by atoms with Crippen molar-refractivity contribution in [3.8, 4) is 5.82 Å². The van der Waals surface area contributed by atoms with Crippen LogP contribution in [-0.2, 0) is 25.3 Å². The van der Waals surface area contributed by atoms with E-state index in [-0.39, 0.29) is 50.4 Å². The Balaban J connectivity index is 1.47. The van der Waals surface area contributed by atoms with Gasteiger partial charge in [0.15, 0.2) is 11.6 Å². The number of nitrogens with zero attached hydrogens (tertiary/aromatic N) is 7. The maximum Gasteiger partial charge on any atom is 0.455 e. The zero-order chi connectivity index (χ0) is 35.0. The monoisotopic (exact) mass is 710 g/mol. The molecule has 2 aromatic carbocycles. The van der Waals surface area contributed by atoms with E-state index in [0.717, 1.165) is 16.8 Å². The van der Waals surface area contributed by atoms with Gasteiger partial charge in [0, 0.05) is 23.2 Å². The van der Waals surface area contributed by atoms with E-state index >= 15 is 0 Å². The van der Waals surface area contributed by atoms with Crippen LogP contribution in [0.3, 0.4) is 0 Å². The lowest BCUT2D eigenvalue weighted by molar-refractivity contribution is -0.145. The Kier molecular flexibility index (Phi) is 9.60. The summed E-state index contributed by atoms with van der Waals surface area (Å²) in [6.45, 7) is 2.73. The van der Waals surface area contributed by atoms with E-state index in [4.69, 9.17) is 23.2 Å². The van der Waals surface area contributed by atoms with Gasteiger partial charge in [0.05, 0.1) is 22.3 Å². The van der Waals surface area contributed by atoms with Gasteiger partial charge in [0.2, 0.25) is 0 Å². The van der Waals surface area contributed by atoms with E-state index < -0.39 is 48.0 Å². The minimum atomic E-state index is -4.83. The summed E-state index contributed by atoms with van der Waals surface area (Å²) >= 11 is 12.6. The summed E-state index contributed by atoms with van der Waals surface area (Å²) in [5.74, 6) is -2.72. The Labute approximate surface area is 277 Å². The van der Waals surface area contributed by atoms with E-state index in [0.29, 0.717) is 10.4 Å². The van der Waals surface area contributed by atoms with Gasteiger partial charge in [0.1, 0.15) is 12.2 Å². The standard InChI is InChI=1S/C30H22Cl2F6N8O2/c1-15-9-19(31)11-22(27(48)40-16(2)17-5-3-6-18(10-17)29(33,34)35)21(15)13-25(47)24-12-20(14-45-43-28(41-44-45)30(36,37)38)42-46(24)26-23(32)7-4-8-39-26/h3-12,16H,13-14H2,1-2H3,(H,40,48). The quantitative estimate of drug-likeness (QED) is 0.131. The minimum absolute atomic E-state index is 0.000767. The Bertz CT molecular complexity index is 2010. The van der Waals surface area contributed by atoms with Crippen molar-refractivity contribution in [3.63, 3.8) is 0 Å². The summed E-state index contributed by atoms with van der Waals surface area (Å²) < 4.78 is 79.9. The lowest BCUT2D eigenvalue weighted by atomic mass is 9.95. The van der Waals surface area contributed by atoms with Gasteiger partial charge in [-0.3, -0.25) is 9.59 Å². The van der Waals surface area contributed by atoms with Crippen molar-refractivity contribution in [2.45, 2.75) is 45.2 Å². The molecule has 0 radical (unpaired) electrons. The number of tetrazole rings is 1. The number of hydrogen-bond acceptors (Lipinski definition) is 7. The van der Waals surface area contributed by atoms with Crippen LogP contribution in [0.1, 0.15) is 67.6 Å². The molecule has 1 amide bonds. The van der Waals surface area contributed by atoms with E-state index in [1.165, 1.54) is 55.6 Å². The summed E-state index contributed by atoms with van der Waals surface area (Å²) in [6, 6.07) is 10.8. The van der Waals surface area contributed by atoms with Gasteiger partial charge in [-0.05, 0) is 78.2 Å². The fraction of sp³-hybridized carbons (Fsp3) is 0.233. The Morgan fingerprint density at radius 3 is 2.38 bits per heavy atom. The highest BCUT2D eigenvalue weighted by molar-refractivity contribution is 6.32. The largest absolute Gasteiger partial charge is 0.455 e. The molecule has 1 N–H and O–H groups in total. The highest BCUT2D eigenvalue weighted by atomic mass is 35.5. The second-order valence-corrected chi connectivity index (χ2v) is 11.4. The van der Waals surface area contributed by atoms with Gasteiger partial charge in [-0.2, -0.15) is 36.2 Å². The molecule has 1 unspecified atom stereocenters. The lowest BCUT2D eigenvalue weighted by Gasteiger charge is -2.19. The molecule has 0 spiro atoms. The SMILES string of the molecule is Cc1cc(Cl)cc(C(=O)NC(C)c2cccc(C(F)(F)F)c2)c1CC(=O)c1cc(Cn2nnc(C(F)(F)F)n2)nn1-c1ncccc1Cl. The molecule has 0 saturated carbocycles. The van der Waals surface area contributed by atoms with E-state index in [2.05, 4.69) is 30.8 Å². The van der Waals surface area contributed by atoms with Crippen LogP contribution in [0.4, 0.5) is 26.3 Å². The molecule has 250 valence electrons. The topological polar surface area (TPSA) is 120 Å². The number of ketones is 1. The number of amides is 1. The van der Waals surface area contributed by atoms with Crippen LogP contribution >= 0.6 is 23.2 Å². The number of alkyl halides is 6. The average molecular weight is 711 g/mol. The smallest absolute Gasteiger partial charge is 0.346 e. The molecule has 5 aromatic rings. The molecule has 18 heteroatoms. The molecule has 3 aromatic heterocycles. The van der Waals surface area contributed by atoms with Crippen LogP contribution in [0.15, 0.2) is 60.8 Å². The van der Waals surface area contributed by atoms with Crippen LogP contribution < -0.4 is 5.32 Å². The molecule has 10 nitrogen and oxygen atoms in total. The van der Waals surface area contributed by atoms with E-state index in [1.807, 2.05) is 0 Å². The minimum Gasteiger partial charge on any atom is -0.346 e. The molecule has 0 aliphatic heterocycles. The third-order valence-corrected chi connectivity index (χ3v) is 7.59. The van der Waals surface area contributed by atoms with Crippen molar-refractivity contribution < 1.29 is 35.9 Å². The third-order valence-electron chi connectivity index (χ3n) is 7.08. The van der Waals surface area contributed by atoms with Crippen LogP contribution in [0.2, 0.25) is 10.0 Å². The van der Waals surface area contributed by atoms with Crippen molar-refractivity contribution in [1.82, 2.24) is 40.3 Å². The second-order valence-electron chi connectivity index (χ2n) is 10.5. The zero-order valence-electron chi connectivity index (χ0n) is 24.7. The predicted octanol–water partition coefficient (Wildman–Crippen LogP) is 6.87. The molecule has 0 fully saturated rings. The summed E-state index contributed by atoms with van der Waals surface area (Å²) in [5, 5.41) is 17.0. The molecule has 3 heterocycles. The van der Waals surface area contributed by atoms with Crippen LogP contribution in [-0.4, -0.2) is 46.7 Å². The first-order valence-electron chi connectivity index (χ1n) is 13.9. The number of benzene rings is 2. The zero-order valence-corrected chi connectivity index (χ0v) is 26.2. The van der Waals surface area contributed by atoms with Gasteiger partial charge in [-0.25, -0.2) is 9.67 Å². The lowest BCUT2D eigenvalue weighted by Crippen LogP contribution is -2.28. The van der Waals surface area contributed by atoms with Crippen molar-refractivity contribution in [2.75, 3.05) is 0 Å². The van der Waals surface area contributed by atoms with Crippen molar-refractivity contribution in [2.24, 2.45) is 0 Å². The van der Waals surface area contributed by atoms with Gasteiger partial charge in [-0.15, -0.1) is 10.2 Å². The molecule has 5 rings (SSSR count). The maximum absolute atomic E-state index is 13.9. The van der Waals surface area contributed by atoms with Crippen LogP contribution in [0.5, 0.6) is 0 Å². The normalized spacial score (nSPS) is 12.6. The number of pyridine rings is 1. The number of carbonyl (C=O) groups excluding carboxylic acids is 2. The first-order chi connectivity index (χ1) is 22.5. The van der Waals surface area contributed by atoms with Crippen molar-refractivity contribution >= 4 is 34.9 Å². The number of hydrogen-bond donors (Lipinski definition) is 1. The summed E-state index contributed by atoms with van der Waals surface area (Å²) in [5.41, 5.74) is 0.0130. The predicted molar refractivity (Wildman–Crippen MR) is 160 cm³/mol. The van der Waals surface area contributed by atoms with Crippen molar-refractivity contribution in [3.05, 3.63) is 116 Å². The Hall–Kier alpha value is -4.83. The number of halogens is 8. The van der Waals surface area contributed by atoms with Gasteiger partial charge in [-0.1, -0.05) is 35.3 Å². The van der Waals surface area contributed by atoms with E-state index in [1.54, 1.807) is 6.92 Å². The second kappa shape index (κ2) is 13.4. The number of aryl methyl sites for hydroxylation is 1. The summed E-state index contributed by atoms with van der Waals surface area (Å²) in [7, 11) is 0. The van der Waals surface area contributed by atoms with Gasteiger partial charge >= 0.3 is 12.4 Å². The highest BCUT2D eigenvalue weighted by Gasteiger charge is 2.37. The molecular weight excluding hydrogens is 689 g/mol. The number of rotatable bonds is 9. The van der Waals surface area contributed by atoms with E-state index in [9.17, 15) is 35.9 Å². The molecular formula is C30H22Cl2F6N8O2. The Morgan fingerprint density at radius 2 is 1.71 bits per heavy atom. The molecule has 0 bridgehead atoms. The third kappa shape index (κ3) is 7.65. The molecule has 0 aliphatic rings. The number of aromatic nitrogens is 7. The summed E-state index contributed by atoms with van der Waals surface area (Å²) in [4.78, 5) is 32.3. The number of nitrogens with one attached hydrogen (secondary N) is 1. The number of Topliss-reactive ketones (excluding diaryl/α,β-unsaturated/α-hetero) is 1. The fourth-order valence-corrected chi connectivity index (χ4v) is 5.25. The Morgan fingerprint density at radius 1 is 0.958 bits per heavy atom. The molecule has 48 heavy (non-hydrogen) atoms. The number of carbonyl (C=O) groups is 2.